The molecular formula is C26H20N2O2. The Kier molecular flexibility index (Phi) is 4.52. The van der Waals surface area contributed by atoms with E-state index in [0.717, 1.165) is 34.0 Å². The van der Waals surface area contributed by atoms with Crippen LogP contribution in [-0.2, 0) is 6.42 Å². The maximum absolute atomic E-state index is 10.3. The number of oxazole rings is 1. The van der Waals surface area contributed by atoms with E-state index in [1.807, 2.05) is 60.7 Å². The molecule has 0 unspecified atom stereocenters. The number of aromatic nitrogens is 1. The molecule has 0 aliphatic rings. The zero-order chi connectivity index (χ0) is 20.5. The lowest BCUT2D eigenvalue weighted by Gasteiger charge is -2.04. The van der Waals surface area contributed by atoms with Crippen molar-refractivity contribution in [3.05, 3.63) is 90.0 Å². The largest absolute Gasteiger partial charge is 0.507 e. The lowest BCUT2D eigenvalue weighted by atomic mass is 10.0. The minimum Gasteiger partial charge on any atom is -0.507 e. The van der Waals surface area contributed by atoms with Gasteiger partial charge in [0, 0.05) is 23.4 Å². The SMILES string of the molecule is CCc1ccc(-c2nc3ccc(N=Cc4c(O)ccc5ccccc45)cc3o2)cc1. The van der Waals surface area contributed by atoms with Gasteiger partial charge in [-0.15, -0.1) is 0 Å². The van der Waals surface area contributed by atoms with Crippen molar-refractivity contribution in [3.63, 3.8) is 0 Å². The van der Waals surface area contributed by atoms with Gasteiger partial charge in [-0.2, -0.15) is 0 Å². The van der Waals surface area contributed by atoms with Gasteiger partial charge in [0.05, 0.1) is 5.69 Å². The van der Waals surface area contributed by atoms with E-state index in [1.54, 1.807) is 12.3 Å². The Morgan fingerprint density at radius 3 is 2.63 bits per heavy atom. The van der Waals surface area contributed by atoms with Crippen LogP contribution in [0.3, 0.4) is 0 Å². The Bertz CT molecular complexity index is 1380. The summed E-state index contributed by atoms with van der Waals surface area (Å²) in [5.41, 5.74) is 5.14. The van der Waals surface area contributed by atoms with Crippen LogP contribution >= 0.6 is 0 Å². The molecule has 0 saturated heterocycles. The first kappa shape index (κ1) is 18.1. The quantitative estimate of drug-likeness (QED) is 0.348. The molecule has 0 radical (unpaired) electrons. The summed E-state index contributed by atoms with van der Waals surface area (Å²) in [5.74, 6) is 0.802. The fraction of sp³-hybridized carbons (Fsp3) is 0.0769. The van der Waals surface area contributed by atoms with Gasteiger partial charge in [0.15, 0.2) is 5.58 Å². The number of hydrogen-bond acceptors (Lipinski definition) is 4. The molecule has 0 saturated carbocycles. The number of rotatable bonds is 4. The lowest BCUT2D eigenvalue weighted by Crippen LogP contribution is -1.85. The molecule has 1 heterocycles. The Labute approximate surface area is 174 Å². The average molecular weight is 392 g/mol. The Hall–Kier alpha value is -3.92. The van der Waals surface area contributed by atoms with Crippen molar-refractivity contribution < 1.29 is 9.52 Å². The van der Waals surface area contributed by atoms with Crippen molar-refractivity contribution in [2.75, 3.05) is 0 Å². The van der Waals surface area contributed by atoms with Gasteiger partial charge in [-0.25, -0.2) is 4.98 Å². The summed E-state index contributed by atoms with van der Waals surface area (Å²) in [4.78, 5) is 9.16. The first-order chi connectivity index (χ1) is 14.7. The number of aromatic hydroxyl groups is 1. The Balaban J connectivity index is 1.49. The number of fused-ring (bicyclic) bond motifs is 2. The molecule has 0 spiro atoms. The smallest absolute Gasteiger partial charge is 0.227 e. The van der Waals surface area contributed by atoms with E-state index in [9.17, 15) is 5.11 Å². The molecule has 30 heavy (non-hydrogen) atoms. The van der Waals surface area contributed by atoms with Gasteiger partial charge in [-0.3, -0.25) is 4.99 Å². The molecule has 0 aliphatic carbocycles. The van der Waals surface area contributed by atoms with Gasteiger partial charge in [0.2, 0.25) is 5.89 Å². The second-order valence-electron chi connectivity index (χ2n) is 7.20. The molecule has 4 nitrogen and oxygen atoms in total. The number of nitrogens with zero attached hydrogens (tertiary/aromatic N) is 2. The van der Waals surface area contributed by atoms with Crippen molar-refractivity contribution in [2.45, 2.75) is 13.3 Å². The average Bonchev–Trinajstić information content (AvgIpc) is 3.22. The van der Waals surface area contributed by atoms with Gasteiger partial charge >= 0.3 is 0 Å². The van der Waals surface area contributed by atoms with Crippen molar-refractivity contribution in [1.29, 1.82) is 0 Å². The molecular weight excluding hydrogens is 372 g/mol. The molecule has 0 atom stereocenters. The van der Waals surface area contributed by atoms with Gasteiger partial charge < -0.3 is 9.52 Å². The van der Waals surface area contributed by atoms with E-state index in [2.05, 4.69) is 29.0 Å². The van der Waals surface area contributed by atoms with E-state index in [-0.39, 0.29) is 5.75 Å². The minimum atomic E-state index is 0.205. The highest BCUT2D eigenvalue weighted by atomic mass is 16.3. The Morgan fingerprint density at radius 2 is 1.80 bits per heavy atom. The highest BCUT2D eigenvalue weighted by Crippen LogP contribution is 2.29. The first-order valence-electron chi connectivity index (χ1n) is 9.96. The molecule has 4 heteroatoms. The second kappa shape index (κ2) is 7.48. The van der Waals surface area contributed by atoms with E-state index in [4.69, 9.17) is 4.42 Å². The van der Waals surface area contributed by atoms with Crippen LogP contribution in [0.4, 0.5) is 5.69 Å². The van der Waals surface area contributed by atoms with Crippen LogP contribution in [0.1, 0.15) is 18.1 Å². The minimum absolute atomic E-state index is 0.205. The summed E-state index contributed by atoms with van der Waals surface area (Å²) >= 11 is 0. The first-order valence-corrected chi connectivity index (χ1v) is 9.96. The second-order valence-corrected chi connectivity index (χ2v) is 7.20. The highest BCUT2D eigenvalue weighted by molar-refractivity contribution is 6.03. The van der Waals surface area contributed by atoms with E-state index >= 15 is 0 Å². The monoisotopic (exact) mass is 392 g/mol. The summed E-state index contributed by atoms with van der Waals surface area (Å²) in [6, 6.07) is 25.4. The molecule has 0 bridgehead atoms. The molecule has 0 fully saturated rings. The molecule has 1 N–H and O–H groups in total. The van der Waals surface area contributed by atoms with Crippen molar-refractivity contribution in [3.8, 4) is 17.2 Å². The van der Waals surface area contributed by atoms with Crippen LogP contribution in [0.15, 0.2) is 88.3 Å². The van der Waals surface area contributed by atoms with Gasteiger partial charge in [-0.1, -0.05) is 49.4 Å². The topological polar surface area (TPSA) is 58.6 Å². The predicted molar refractivity (Wildman–Crippen MR) is 122 cm³/mol. The fourth-order valence-electron chi connectivity index (χ4n) is 3.56. The van der Waals surface area contributed by atoms with Gasteiger partial charge in [0.25, 0.3) is 0 Å². The molecule has 5 rings (SSSR count). The molecule has 1 aromatic heterocycles. The summed E-state index contributed by atoms with van der Waals surface area (Å²) in [6.45, 7) is 2.13. The number of hydrogen-bond donors (Lipinski definition) is 1. The van der Waals surface area contributed by atoms with Crippen LogP contribution < -0.4 is 0 Å². The normalized spacial score (nSPS) is 11.6. The molecule has 0 amide bonds. The van der Waals surface area contributed by atoms with Crippen LogP contribution in [0.5, 0.6) is 5.75 Å². The maximum Gasteiger partial charge on any atom is 0.227 e. The third-order valence-corrected chi connectivity index (χ3v) is 5.27. The highest BCUT2D eigenvalue weighted by Gasteiger charge is 2.09. The van der Waals surface area contributed by atoms with E-state index in [1.165, 1.54) is 5.56 Å². The van der Waals surface area contributed by atoms with Crippen LogP contribution in [0.2, 0.25) is 0 Å². The van der Waals surface area contributed by atoms with Crippen molar-refractivity contribution in [2.24, 2.45) is 4.99 Å². The van der Waals surface area contributed by atoms with E-state index in [0.29, 0.717) is 17.0 Å². The maximum atomic E-state index is 10.3. The van der Waals surface area contributed by atoms with Crippen LogP contribution in [0, 0.1) is 0 Å². The predicted octanol–water partition coefficient (Wildman–Crippen LogP) is 6.67. The number of phenolic OH excluding ortho intramolecular Hbond substituents is 1. The summed E-state index contributed by atoms with van der Waals surface area (Å²) in [7, 11) is 0. The number of aliphatic imine (C=N–C) groups is 1. The standard InChI is InChI=1S/C26H20N2O2/c1-2-17-7-9-19(10-8-17)26-28-23-13-12-20(15-25(23)30-26)27-16-22-21-6-4-3-5-18(21)11-14-24(22)29/h3-16,29H,2H2,1H3. The van der Waals surface area contributed by atoms with Gasteiger partial charge in [0.1, 0.15) is 11.3 Å². The van der Waals surface area contributed by atoms with Crippen molar-refractivity contribution >= 4 is 33.8 Å². The summed E-state index contributed by atoms with van der Waals surface area (Å²) < 4.78 is 5.98. The third-order valence-electron chi connectivity index (χ3n) is 5.27. The number of phenols is 1. The lowest BCUT2D eigenvalue weighted by molar-refractivity contribution is 0.475. The van der Waals surface area contributed by atoms with Gasteiger partial charge in [-0.05, 0) is 53.1 Å². The van der Waals surface area contributed by atoms with Crippen LogP contribution in [-0.4, -0.2) is 16.3 Å². The fourth-order valence-corrected chi connectivity index (χ4v) is 3.56. The Morgan fingerprint density at radius 1 is 0.967 bits per heavy atom. The van der Waals surface area contributed by atoms with Crippen LogP contribution in [0.25, 0.3) is 33.3 Å². The molecule has 5 aromatic rings. The van der Waals surface area contributed by atoms with E-state index < -0.39 is 0 Å². The number of benzene rings is 4. The molecule has 4 aromatic carbocycles. The molecule has 146 valence electrons. The molecule has 0 aliphatic heterocycles. The zero-order valence-corrected chi connectivity index (χ0v) is 16.5. The van der Waals surface area contributed by atoms with Crippen molar-refractivity contribution in [1.82, 2.24) is 4.98 Å². The zero-order valence-electron chi connectivity index (χ0n) is 16.5. The summed E-state index contributed by atoms with van der Waals surface area (Å²) in [6.07, 6.45) is 2.70. The number of aryl methyl sites for hydroxylation is 1. The third kappa shape index (κ3) is 3.33. The summed E-state index contributed by atoms with van der Waals surface area (Å²) in [5, 5.41) is 12.3.